The first-order valence-corrected chi connectivity index (χ1v) is 6.50. The summed E-state index contributed by atoms with van der Waals surface area (Å²) in [5.74, 6) is -0.578. The number of nitro groups is 1. The fourth-order valence-electron chi connectivity index (χ4n) is 1.37. The van der Waals surface area contributed by atoms with Crippen LogP contribution < -0.4 is 4.74 Å². The van der Waals surface area contributed by atoms with Crippen LogP contribution in [0.3, 0.4) is 0 Å². The van der Waals surface area contributed by atoms with Crippen molar-refractivity contribution in [2.75, 3.05) is 0 Å². The molecule has 0 aliphatic carbocycles. The van der Waals surface area contributed by atoms with Gasteiger partial charge in [-0.05, 0) is 46.9 Å². The molecule has 4 nitrogen and oxygen atoms in total. The minimum Gasteiger partial charge on any atom is -0.450 e. The van der Waals surface area contributed by atoms with Gasteiger partial charge in [0.25, 0.3) is 0 Å². The second-order valence-electron chi connectivity index (χ2n) is 3.55. The molecule has 0 fully saturated rings. The van der Waals surface area contributed by atoms with Crippen molar-refractivity contribution in [3.05, 3.63) is 60.9 Å². The smallest absolute Gasteiger partial charge is 0.313 e. The Labute approximate surface area is 126 Å². The summed E-state index contributed by atoms with van der Waals surface area (Å²) in [6.07, 6.45) is 0. The average molecular weight is 394 g/mol. The van der Waals surface area contributed by atoms with E-state index in [1.807, 2.05) is 0 Å². The van der Waals surface area contributed by atoms with Crippen LogP contribution in [0.25, 0.3) is 0 Å². The second kappa shape index (κ2) is 5.70. The van der Waals surface area contributed by atoms with Crippen LogP contribution in [0.15, 0.2) is 36.4 Å². The highest BCUT2D eigenvalue weighted by Gasteiger charge is 2.19. The summed E-state index contributed by atoms with van der Waals surface area (Å²) in [4.78, 5) is 10.2. The first kappa shape index (κ1) is 14.0. The summed E-state index contributed by atoms with van der Waals surface area (Å²) in [6, 6.07) is 8.65. The van der Waals surface area contributed by atoms with Crippen LogP contribution in [0.4, 0.5) is 10.1 Å². The van der Waals surface area contributed by atoms with E-state index in [4.69, 9.17) is 16.3 Å². The van der Waals surface area contributed by atoms with Crippen molar-refractivity contribution in [2.45, 2.75) is 0 Å². The topological polar surface area (TPSA) is 52.4 Å². The SMILES string of the molecule is O=[N+]([O-])c1cc(Cl)c(F)cc1Oc1ccc(I)cc1. The molecule has 0 amide bonds. The lowest BCUT2D eigenvalue weighted by Gasteiger charge is -2.07. The van der Waals surface area contributed by atoms with Gasteiger partial charge < -0.3 is 4.74 Å². The van der Waals surface area contributed by atoms with E-state index in [-0.39, 0.29) is 16.5 Å². The molecular weight excluding hydrogens is 387 g/mol. The van der Waals surface area contributed by atoms with Crippen LogP contribution >= 0.6 is 34.2 Å². The van der Waals surface area contributed by atoms with Crippen molar-refractivity contribution < 1.29 is 14.1 Å². The largest absolute Gasteiger partial charge is 0.450 e. The average Bonchev–Trinajstić information content (AvgIpc) is 2.36. The molecule has 0 spiro atoms. The third-order valence-corrected chi connectivity index (χ3v) is 3.25. The summed E-state index contributed by atoms with van der Waals surface area (Å²) in [7, 11) is 0. The normalized spacial score (nSPS) is 10.3. The number of hydrogen-bond acceptors (Lipinski definition) is 3. The van der Waals surface area contributed by atoms with E-state index in [0.717, 1.165) is 15.7 Å². The molecule has 0 radical (unpaired) electrons. The number of benzene rings is 2. The zero-order valence-corrected chi connectivity index (χ0v) is 12.2. The van der Waals surface area contributed by atoms with Crippen molar-refractivity contribution in [3.8, 4) is 11.5 Å². The van der Waals surface area contributed by atoms with E-state index in [1.54, 1.807) is 24.3 Å². The van der Waals surface area contributed by atoms with Crippen molar-refractivity contribution in [3.63, 3.8) is 0 Å². The van der Waals surface area contributed by atoms with E-state index in [1.165, 1.54) is 0 Å². The molecule has 0 aliphatic heterocycles. The number of rotatable bonds is 3. The molecule has 0 saturated carbocycles. The van der Waals surface area contributed by atoms with Crippen LogP contribution in [0.5, 0.6) is 11.5 Å². The molecule has 98 valence electrons. The lowest BCUT2D eigenvalue weighted by molar-refractivity contribution is -0.385. The molecule has 0 atom stereocenters. The summed E-state index contributed by atoms with van der Waals surface area (Å²) in [5, 5.41) is 10.6. The summed E-state index contributed by atoms with van der Waals surface area (Å²) in [6.45, 7) is 0. The van der Waals surface area contributed by atoms with Crippen molar-refractivity contribution in [1.82, 2.24) is 0 Å². The van der Waals surface area contributed by atoms with E-state index in [2.05, 4.69) is 22.6 Å². The molecule has 2 rings (SSSR count). The number of ether oxygens (including phenoxy) is 1. The Hall–Kier alpha value is -1.41. The Kier molecular flexibility index (Phi) is 4.20. The molecule has 0 heterocycles. The van der Waals surface area contributed by atoms with Gasteiger partial charge in [-0.1, -0.05) is 11.6 Å². The third-order valence-electron chi connectivity index (χ3n) is 2.24. The third kappa shape index (κ3) is 3.32. The first-order valence-electron chi connectivity index (χ1n) is 5.04. The van der Waals surface area contributed by atoms with Gasteiger partial charge in [0.05, 0.1) is 9.95 Å². The Balaban J connectivity index is 2.41. The zero-order valence-electron chi connectivity index (χ0n) is 9.27. The van der Waals surface area contributed by atoms with Gasteiger partial charge in [-0.2, -0.15) is 0 Å². The number of nitro benzene ring substituents is 1. The number of halogens is 3. The Morgan fingerprint density at radius 2 is 1.89 bits per heavy atom. The van der Waals surface area contributed by atoms with Crippen molar-refractivity contribution >= 4 is 39.9 Å². The van der Waals surface area contributed by atoms with E-state index >= 15 is 0 Å². The van der Waals surface area contributed by atoms with Crippen molar-refractivity contribution in [2.24, 2.45) is 0 Å². The van der Waals surface area contributed by atoms with Crippen LogP contribution in [0.2, 0.25) is 5.02 Å². The number of nitrogens with zero attached hydrogens (tertiary/aromatic N) is 1. The zero-order chi connectivity index (χ0) is 14.0. The highest BCUT2D eigenvalue weighted by atomic mass is 127. The molecule has 0 unspecified atom stereocenters. The van der Waals surface area contributed by atoms with Gasteiger partial charge in [-0.15, -0.1) is 0 Å². The van der Waals surface area contributed by atoms with E-state index < -0.39 is 10.7 Å². The van der Waals surface area contributed by atoms with E-state index in [0.29, 0.717) is 5.75 Å². The monoisotopic (exact) mass is 393 g/mol. The fraction of sp³-hybridized carbons (Fsp3) is 0. The maximum absolute atomic E-state index is 13.4. The van der Waals surface area contributed by atoms with Gasteiger partial charge in [0.1, 0.15) is 11.6 Å². The van der Waals surface area contributed by atoms with Gasteiger partial charge in [0, 0.05) is 15.7 Å². The minimum atomic E-state index is -0.771. The number of hydrogen-bond donors (Lipinski definition) is 0. The standard InChI is InChI=1S/C12H6ClFINO3/c13-9-5-11(16(17)18)12(6-10(9)14)19-8-3-1-7(15)2-4-8/h1-6H. The molecule has 2 aromatic carbocycles. The minimum absolute atomic E-state index is 0.187. The summed E-state index contributed by atoms with van der Waals surface area (Å²) >= 11 is 7.63. The van der Waals surface area contributed by atoms with Crippen LogP contribution in [-0.2, 0) is 0 Å². The molecule has 2 aromatic rings. The van der Waals surface area contributed by atoms with Crippen LogP contribution in [-0.4, -0.2) is 4.92 Å². The van der Waals surface area contributed by atoms with Gasteiger partial charge in [0.2, 0.25) is 5.75 Å². The van der Waals surface area contributed by atoms with Gasteiger partial charge in [-0.3, -0.25) is 10.1 Å². The lowest BCUT2D eigenvalue weighted by atomic mass is 10.3. The summed E-state index contributed by atoms with van der Waals surface area (Å²) < 4.78 is 19.7. The first-order chi connectivity index (χ1) is 8.97. The van der Waals surface area contributed by atoms with Crippen LogP contribution in [0, 0.1) is 19.5 Å². The van der Waals surface area contributed by atoms with E-state index in [9.17, 15) is 14.5 Å². The molecule has 19 heavy (non-hydrogen) atoms. The highest BCUT2D eigenvalue weighted by molar-refractivity contribution is 14.1. The molecular formula is C12H6ClFINO3. The Morgan fingerprint density at radius 1 is 1.26 bits per heavy atom. The van der Waals surface area contributed by atoms with Crippen molar-refractivity contribution in [1.29, 1.82) is 0 Å². The summed E-state index contributed by atoms with van der Waals surface area (Å²) in [5.41, 5.74) is -0.384. The fourth-order valence-corrected chi connectivity index (χ4v) is 1.89. The predicted molar refractivity (Wildman–Crippen MR) is 77.3 cm³/mol. The Morgan fingerprint density at radius 3 is 2.47 bits per heavy atom. The predicted octanol–water partition coefficient (Wildman–Crippen LogP) is 4.78. The van der Waals surface area contributed by atoms with Crippen LogP contribution in [0.1, 0.15) is 0 Å². The molecule has 0 N–H and O–H groups in total. The molecule has 0 saturated heterocycles. The lowest BCUT2D eigenvalue weighted by Crippen LogP contribution is -1.95. The Bertz CT molecular complexity index is 634. The molecule has 7 heteroatoms. The molecule has 0 aliphatic rings. The quantitative estimate of drug-likeness (QED) is 0.428. The van der Waals surface area contributed by atoms with Gasteiger partial charge in [-0.25, -0.2) is 4.39 Å². The molecule has 0 bridgehead atoms. The van der Waals surface area contributed by atoms with Gasteiger partial charge >= 0.3 is 5.69 Å². The second-order valence-corrected chi connectivity index (χ2v) is 5.20. The molecule has 0 aromatic heterocycles. The highest BCUT2D eigenvalue weighted by Crippen LogP contribution is 2.35. The maximum Gasteiger partial charge on any atom is 0.313 e. The maximum atomic E-state index is 13.4. The van der Waals surface area contributed by atoms with Gasteiger partial charge in [0.15, 0.2) is 0 Å².